The molecule has 2 N–H and O–H groups in total. The zero-order valence-corrected chi connectivity index (χ0v) is 22.0. The van der Waals surface area contributed by atoms with Crippen LogP contribution in [-0.4, -0.2) is 36.1 Å². The van der Waals surface area contributed by atoms with Crippen LogP contribution in [-0.2, 0) is 21.2 Å². The van der Waals surface area contributed by atoms with E-state index < -0.39 is 10.0 Å². The monoisotopic (exact) mass is 532 g/mol. The summed E-state index contributed by atoms with van der Waals surface area (Å²) in [6, 6.07) is 27.5. The van der Waals surface area contributed by atoms with Crippen LogP contribution in [0.2, 0.25) is 0 Å². The number of carbonyl (C=O) groups excluding carboxylic acids is 1. The van der Waals surface area contributed by atoms with Gasteiger partial charge in [0.25, 0.3) is 0 Å². The van der Waals surface area contributed by atoms with Gasteiger partial charge in [0.15, 0.2) is 0 Å². The van der Waals surface area contributed by atoms with Gasteiger partial charge >= 0.3 is 0 Å². The summed E-state index contributed by atoms with van der Waals surface area (Å²) in [5.41, 5.74) is 3.36. The summed E-state index contributed by atoms with van der Waals surface area (Å²) < 4.78 is 27.9. The quantitative estimate of drug-likeness (QED) is 0.204. The van der Waals surface area contributed by atoms with Crippen molar-refractivity contribution in [2.45, 2.75) is 34.9 Å². The third-order valence-electron chi connectivity index (χ3n) is 5.62. The number of thioether (sulfide) groups is 1. The van der Waals surface area contributed by atoms with Gasteiger partial charge < -0.3 is 5.32 Å². The minimum Gasteiger partial charge on any atom is -0.325 e. The Kier molecular flexibility index (Phi) is 9.05. The van der Waals surface area contributed by atoms with Crippen molar-refractivity contribution in [1.29, 1.82) is 0 Å². The molecule has 0 radical (unpaired) electrons. The van der Waals surface area contributed by atoms with Gasteiger partial charge in [-0.25, -0.2) is 23.1 Å². The molecule has 0 saturated heterocycles. The molecule has 3 aromatic carbocycles. The van der Waals surface area contributed by atoms with E-state index in [2.05, 4.69) is 20.0 Å². The minimum absolute atomic E-state index is 0.148. The summed E-state index contributed by atoms with van der Waals surface area (Å²) in [6.07, 6.45) is 2.70. The van der Waals surface area contributed by atoms with Crippen LogP contribution in [0, 0.1) is 0 Å². The van der Waals surface area contributed by atoms with Crippen LogP contribution in [0.3, 0.4) is 0 Å². The molecule has 1 unspecified atom stereocenters. The molecular weight excluding hydrogens is 504 g/mol. The second kappa shape index (κ2) is 12.6. The molecule has 0 aliphatic carbocycles. The van der Waals surface area contributed by atoms with Gasteiger partial charge in [0, 0.05) is 17.8 Å². The first kappa shape index (κ1) is 26.5. The molecule has 1 atom stereocenters. The molecule has 4 aromatic rings. The Morgan fingerprint density at radius 3 is 2.27 bits per heavy atom. The topological polar surface area (TPSA) is 101 Å². The van der Waals surface area contributed by atoms with Crippen molar-refractivity contribution in [3.63, 3.8) is 0 Å². The summed E-state index contributed by atoms with van der Waals surface area (Å²) in [4.78, 5) is 21.8. The van der Waals surface area contributed by atoms with E-state index in [4.69, 9.17) is 0 Å². The molecule has 0 aliphatic heterocycles. The molecule has 37 heavy (non-hydrogen) atoms. The summed E-state index contributed by atoms with van der Waals surface area (Å²) in [6.45, 7) is 2.24. The fourth-order valence-corrected chi connectivity index (χ4v) is 5.58. The number of benzene rings is 3. The van der Waals surface area contributed by atoms with Gasteiger partial charge in [-0.2, -0.15) is 0 Å². The van der Waals surface area contributed by atoms with E-state index in [1.807, 2.05) is 73.7 Å². The normalized spacial score (nSPS) is 12.1. The lowest BCUT2D eigenvalue weighted by Gasteiger charge is -2.15. The van der Waals surface area contributed by atoms with E-state index in [1.54, 1.807) is 12.1 Å². The predicted octanol–water partition coefficient (Wildman–Crippen LogP) is 5.17. The zero-order chi connectivity index (χ0) is 26.1. The molecule has 9 heteroatoms. The lowest BCUT2D eigenvalue weighted by Crippen LogP contribution is -2.26. The van der Waals surface area contributed by atoms with Crippen molar-refractivity contribution < 1.29 is 13.2 Å². The number of aromatic nitrogens is 2. The number of hydrogen-bond acceptors (Lipinski definition) is 6. The highest BCUT2D eigenvalue weighted by atomic mass is 32.2. The second-order valence-corrected chi connectivity index (χ2v) is 11.3. The van der Waals surface area contributed by atoms with Crippen molar-refractivity contribution in [2.24, 2.45) is 0 Å². The van der Waals surface area contributed by atoms with Gasteiger partial charge in [-0.3, -0.25) is 4.79 Å². The molecule has 4 rings (SSSR count). The summed E-state index contributed by atoms with van der Waals surface area (Å²) in [7, 11) is -3.65. The Labute approximate surface area is 221 Å². The zero-order valence-electron chi connectivity index (χ0n) is 20.4. The van der Waals surface area contributed by atoms with Gasteiger partial charge in [-0.1, -0.05) is 79.3 Å². The average Bonchev–Trinajstić information content (AvgIpc) is 2.93. The Bertz CT molecular complexity index is 1420. The van der Waals surface area contributed by atoms with E-state index in [-0.39, 0.29) is 16.1 Å². The first-order valence-electron chi connectivity index (χ1n) is 11.9. The number of carbonyl (C=O) groups is 1. The average molecular weight is 533 g/mol. The summed E-state index contributed by atoms with van der Waals surface area (Å²) in [5, 5.41) is 3.22. The maximum atomic E-state index is 13.0. The van der Waals surface area contributed by atoms with Crippen molar-refractivity contribution in [2.75, 3.05) is 11.9 Å². The lowest BCUT2D eigenvalue weighted by atomic mass is 10.1. The van der Waals surface area contributed by atoms with Crippen LogP contribution < -0.4 is 10.0 Å². The van der Waals surface area contributed by atoms with Gasteiger partial charge in [0.05, 0.1) is 15.8 Å². The van der Waals surface area contributed by atoms with Crippen LogP contribution in [0.1, 0.15) is 18.9 Å². The third-order valence-corrected chi connectivity index (χ3v) is 8.39. The highest BCUT2D eigenvalue weighted by Gasteiger charge is 2.20. The largest absolute Gasteiger partial charge is 0.325 e. The number of amides is 1. The van der Waals surface area contributed by atoms with Crippen molar-refractivity contribution in [3.05, 3.63) is 103 Å². The molecule has 1 amide bonds. The number of nitrogens with zero attached hydrogens (tertiary/aromatic N) is 2. The third kappa shape index (κ3) is 7.48. The molecule has 190 valence electrons. The number of sulfonamides is 1. The van der Waals surface area contributed by atoms with E-state index in [0.29, 0.717) is 30.1 Å². The Hall–Kier alpha value is -3.53. The highest BCUT2D eigenvalue weighted by Crippen LogP contribution is 2.27. The Morgan fingerprint density at radius 1 is 0.919 bits per heavy atom. The molecule has 0 saturated carbocycles. The highest BCUT2D eigenvalue weighted by molar-refractivity contribution is 8.00. The van der Waals surface area contributed by atoms with E-state index in [9.17, 15) is 13.2 Å². The van der Waals surface area contributed by atoms with Gasteiger partial charge in [0.1, 0.15) is 11.4 Å². The number of anilines is 1. The van der Waals surface area contributed by atoms with Crippen molar-refractivity contribution in [3.8, 4) is 11.3 Å². The molecule has 0 spiro atoms. The smallest absolute Gasteiger partial charge is 0.240 e. The van der Waals surface area contributed by atoms with Gasteiger partial charge in [-0.15, -0.1) is 0 Å². The molecule has 1 heterocycles. The molecular formula is C28H28N4O3S2. The molecule has 0 bridgehead atoms. The van der Waals surface area contributed by atoms with E-state index in [1.165, 1.54) is 30.2 Å². The SMILES string of the molecule is CCC(Sc1cc(-c2ccccc2)ncn1)C(=O)Nc1ccc(S(=O)(=O)NCCc2ccccc2)cc1. The van der Waals surface area contributed by atoms with Crippen LogP contribution >= 0.6 is 11.8 Å². The molecule has 0 aliphatic rings. The Balaban J connectivity index is 1.35. The van der Waals surface area contributed by atoms with Crippen molar-refractivity contribution >= 4 is 33.4 Å². The van der Waals surface area contributed by atoms with Crippen LogP contribution in [0.15, 0.2) is 107 Å². The van der Waals surface area contributed by atoms with E-state index in [0.717, 1.165) is 16.8 Å². The van der Waals surface area contributed by atoms with Crippen LogP contribution in [0.4, 0.5) is 5.69 Å². The van der Waals surface area contributed by atoms with Gasteiger partial charge in [0.2, 0.25) is 15.9 Å². The fraction of sp³-hybridized carbons (Fsp3) is 0.179. The van der Waals surface area contributed by atoms with E-state index >= 15 is 0 Å². The van der Waals surface area contributed by atoms with Crippen LogP contribution in [0.25, 0.3) is 11.3 Å². The minimum atomic E-state index is -3.65. The Morgan fingerprint density at radius 2 is 1.59 bits per heavy atom. The fourth-order valence-electron chi connectivity index (χ4n) is 3.64. The molecule has 0 fully saturated rings. The summed E-state index contributed by atoms with van der Waals surface area (Å²) >= 11 is 1.37. The second-order valence-electron chi connectivity index (χ2n) is 8.27. The lowest BCUT2D eigenvalue weighted by molar-refractivity contribution is -0.115. The summed E-state index contributed by atoms with van der Waals surface area (Å²) in [5.74, 6) is -0.177. The molecule has 1 aromatic heterocycles. The van der Waals surface area contributed by atoms with Crippen LogP contribution in [0.5, 0.6) is 0 Å². The predicted molar refractivity (Wildman–Crippen MR) is 148 cm³/mol. The maximum absolute atomic E-state index is 13.0. The first-order valence-corrected chi connectivity index (χ1v) is 14.3. The maximum Gasteiger partial charge on any atom is 0.240 e. The first-order chi connectivity index (χ1) is 17.9. The number of rotatable bonds is 11. The standard InChI is InChI=1S/C28H28N4O3S2/c1-2-26(36-27-19-25(29-20-30-27)22-11-7-4-8-12-22)28(33)32-23-13-15-24(16-14-23)37(34,35)31-18-17-21-9-5-3-6-10-21/h3-16,19-20,26,31H,2,17-18H2,1H3,(H,32,33). The number of hydrogen-bond donors (Lipinski definition) is 2. The molecule has 7 nitrogen and oxygen atoms in total. The van der Waals surface area contributed by atoms with Gasteiger partial charge in [-0.05, 0) is 48.7 Å². The van der Waals surface area contributed by atoms with Crippen molar-refractivity contribution in [1.82, 2.24) is 14.7 Å². The number of nitrogens with one attached hydrogen (secondary N) is 2.